The highest BCUT2D eigenvalue weighted by molar-refractivity contribution is 7.89. The van der Waals surface area contributed by atoms with Gasteiger partial charge in [0.2, 0.25) is 10.0 Å². The van der Waals surface area contributed by atoms with Crippen LogP contribution in [-0.4, -0.2) is 55.0 Å². The number of carbonyl (C=O) groups excluding carboxylic acids is 2. The first-order valence-corrected chi connectivity index (χ1v) is 14.3. The molecule has 2 amide bonds. The second-order valence-corrected chi connectivity index (χ2v) is 10.9. The minimum Gasteiger partial charge on any atom is -0.480 e. The fourth-order valence-corrected chi connectivity index (χ4v) is 5.17. The number of fused-ring (bicyclic) bond motifs is 1. The topological polar surface area (TPSA) is 172 Å². The predicted octanol–water partition coefficient (Wildman–Crippen LogP) is 1.93. The Labute approximate surface area is 241 Å². The highest BCUT2D eigenvalue weighted by Crippen LogP contribution is 2.10. The van der Waals surface area contributed by atoms with E-state index in [1.54, 1.807) is 24.4 Å². The van der Waals surface area contributed by atoms with Gasteiger partial charge in [0.1, 0.15) is 12.6 Å². The number of rotatable bonds is 12. The Hall–Kier alpha value is -5.01. The zero-order chi connectivity index (χ0) is 30.1. The van der Waals surface area contributed by atoms with Crippen LogP contribution in [0.3, 0.4) is 0 Å². The van der Waals surface area contributed by atoms with Gasteiger partial charge in [-0.25, -0.2) is 13.2 Å². The zero-order valence-electron chi connectivity index (χ0n) is 22.2. The Balaban J connectivity index is 1.34. The average Bonchev–Trinajstić information content (AvgIpc) is 2.99. The Morgan fingerprint density at radius 2 is 1.57 bits per heavy atom. The lowest BCUT2D eigenvalue weighted by Gasteiger charge is -2.16. The number of pyridine rings is 2. The van der Waals surface area contributed by atoms with Crippen LogP contribution < -0.4 is 20.9 Å². The van der Waals surface area contributed by atoms with Crippen molar-refractivity contribution in [3.8, 4) is 0 Å². The smallest absolute Gasteiger partial charge is 0.407 e. The number of carbonyl (C=O) groups is 3. The highest BCUT2D eigenvalue weighted by Gasteiger charge is 2.26. The molecule has 0 saturated heterocycles. The van der Waals surface area contributed by atoms with Crippen LogP contribution in [0.2, 0.25) is 0 Å². The van der Waals surface area contributed by atoms with E-state index in [-0.39, 0.29) is 23.6 Å². The van der Waals surface area contributed by atoms with E-state index in [0.29, 0.717) is 11.9 Å². The van der Waals surface area contributed by atoms with Crippen LogP contribution in [0, 0.1) is 0 Å². The van der Waals surface area contributed by atoms with Gasteiger partial charge in [0.05, 0.1) is 4.90 Å². The van der Waals surface area contributed by atoms with Gasteiger partial charge in [0.25, 0.3) is 11.5 Å². The van der Waals surface area contributed by atoms with Gasteiger partial charge in [-0.05, 0) is 41.8 Å². The molecule has 4 rings (SSSR count). The van der Waals surface area contributed by atoms with E-state index in [4.69, 9.17) is 4.74 Å². The molecule has 0 aliphatic heterocycles. The van der Waals surface area contributed by atoms with E-state index >= 15 is 0 Å². The number of aliphatic carboxylic acids is 1. The van der Waals surface area contributed by atoms with Gasteiger partial charge in [0.15, 0.2) is 0 Å². The minimum atomic E-state index is -4.15. The number of aromatic nitrogens is 1. The summed E-state index contributed by atoms with van der Waals surface area (Å²) in [5, 5.41) is 14.5. The SMILES string of the molecule is O=C(NCCc1ccc2cc(C(=O)NC[C@H](NS(=O)(=O)c3ccccc3)C(=O)O)cc(=O)n2c1)OCc1ccccc1. The maximum atomic E-state index is 12.8. The fourth-order valence-electron chi connectivity index (χ4n) is 3.96. The number of hydrogen-bond donors (Lipinski definition) is 4. The lowest BCUT2D eigenvalue weighted by atomic mass is 10.1. The number of amides is 2. The number of alkyl carbamates (subject to hydrolysis) is 1. The quantitative estimate of drug-likeness (QED) is 0.193. The molecule has 0 bridgehead atoms. The molecular formula is C29H28N4O8S. The number of carboxylic acids is 1. The Kier molecular flexibility index (Phi) is 9.68. The van der Waals surface area contributed by atoms with Crippen molar-refractivity contribution in [3.05, 3.63) is 118 Å². The second-order valence-electron chi connectivity index (χ2n) is 9.19. The molecule has 0 aliphatic carbocycles. The standard InChI is InChI=1S/C29H28N4O8S/c34-26-16-22(27(35)31-17-25(28(36)37)32-42(39,40)24-9-5-2-6-10-24)15-23-12-11-20(18-33(23)26)13-14-30-29(38)41-19-21-7-3-1-4-8-21/h1-12,15-16,18,25,32H,13-14,17,19H2,(H,30,38)(H,31,35)(H,36,37)/t25-/m0/s1. The van der Waals surface area contributed by atoms with Gasteiger partial charge in [-0.2, -0.15) is 4.72 Å². The average molecular weight is 593 g/mol. The van der Waals surface area contributed by atoms with Crippen LogP contribution >= 0.6 is 0 Å². The maximum Gasteiger partial charge on any atom is 0.407 e. The molecule has 1 atom stereocenters. The first kappa shape index (κ1) is 30.0. The third-order valence-electron chi connectivity index (χ3n) is 6.13. The normalized spacial score (nSPS) is 11.9. The summed E-state index contributed by atoms with van der Waals surface area (Å²) in [6.45, 7) is -0.138. The summed E-state index contributed by atoms with van der Waals surface area (Å²) in [7, 11) is -4.15. The maximum absolute atomic E-state index is 12.8. The van der Waals surface area contributed by atoms with E-state index in [0.717, 1.165) is 17.2 Å². The number of ether oxygens (including phenoxy) is 1. The largest absolute Gasteiger partial charge is 0.480 e. The summed E-state index contributed by atoms with van der Waals surface area (Å²) >= 11 is 0. The third-order valence-corrected chi connectivity index (χ3v) is 7.62. The van der Waals surface area contributed by atoms with Crippen molar-refractivity contribution in [3.63, 3.8) is 0 Å². The number of hydrogen-bond acceptors (Lipinski definition) is 7. The fraction of sp³-hybridized carbons (Fsp3) is 0.172. The third kappa shape index (κ3) is 8.02. The molecule has 2 aromatic heterocycles. The predicted molar refractivity (Wildman–Crippen MR) is 153 cm³/mol. The number of nitrogens with one attached hydrogen (secondary N) is 3. The van der Waals surface area contributed by atoms with E-state index < -0.39 is 46.1 Å². The van der Waals surface area contributed by atoms with Crippen LogP contribution in [0.25, 0.3) is 5.52 Å². The van der Waals surface area contributed by atoms with Gasteiger partial charge >= 0.3 is 12.1 Å². The highest BCUT2D eigenvalue weighted by atomic mass is 32.2. The summed E-state index contributed by atoms with van der Waals surface area (Å²) in [6.07, 6.45) is 1.45. The van der Waals surface area contributed by atoms with E-state index in [2.05, 4.69) is 15.4 Å². The molecule has 0 aliphatic rings. The molecule has 218 valence electrons. The van der Waals surface area contributed by atoms with E-state index in [1.165, 1.54) is 34.7 Å². The molecule has 2 aromatic carbocycles. The molecule has 12 nitrogen and oxygen atoms in total. The van der Waals surface area contributed by atoms with Gasteiger partial charge < -0.3 is 20.5 Å². The lowest BCUT2D eigenvalue weighted by Crippen LogP contribution is -2.48. The van der Waals surface area contributed by atoms with Crippen LogP contribution in [0.5, 0.6) is 0 Å². The zero-order valence-corrected chi connectivity index (χ0v) is 23.0. The van der Waals surface area contributed by atoms with E-state index in [9.17, 15) is 32.7 Å². The van der Waals surface area contributed by atoms with E-state index in [1.807, 2.05) is 30.3 Å². The van der Waals surface area contributed by atoms with Crippen molar-refractivity contribution in [1.82, 2.24) is 19.8 Å². The first-order chi connectivity index (χ1) is 20.1. The molecule has 0 saturated carbocycles. The molecule has 4 N–H and O–H groups in total. The summed E-state index contributed by atoms with van der Waals surface area (Å²) in [5.74, 6) is -2.23. The van der Waals surface area contributed by atoms with Crippen molar-refractivity contribution < 1.29 is 32.6 Å². The summed E-state index contributed by atoms with van der Waals surface area (Å²) in [4.78, 5) is 49.0. The molecule has 0 radical (unpaired) electrons. The van der Waals surface area contributed by atoms with Crippen LogP contribution in [0.1, 0.15) is 21.5 Å². The second kappa shape index (κ2) is 13.6. The van der Waals surface area contributed by atoms with Crippen molar-refractivity contribution in [2.45, 2.75) is 24.0 Å². The number of carboxylic acid groups (broad SMARTS) is 1. The lowest BCUT2D eigenvalue weighted by molar-refractivity contribution is -0.138. The Morgan fingerprint density at radius 3 is 2.26 bits per heavy atom. The van der Waals surface area contributed by atoms with Gasteiger partial charge in [-0.3, -0.25) is 18.8 Å². The Morgan fingerprint density at radius 1 is 0.881 bits per heavy atom. The molecule has 0 unspecified atom stereocenters. The molecule has 13 heteroatoms. The Bertz CT molecular complexity index is 1740. The van der Waals surface area contributed by atoms with Crippen molar-refractivity contribution >= 4 is 33.5 Å². The van der Waals surface area contributed by atoms with Crippen LogP contribution in [-0.2, 0) is 32.6 Å². The molecule has 4 aromatic rings. The van der Waals surface area contributed by atoms with Gasteiger partial charge in [-0.1, -0.05) is 54.6 Å². The molecule has 0 spiro atoms. The van der Waals surface area contributed by atoms with Crippen LogP contribution in [0.15, 0.2) is 101 Å². The van der Waals surface area contributed by atoms with Crippen molar-refractivity contribution in [2.75, 3.05) is 13.1 Å². The van der Waals surface area contributed by atoms with Gasteiger partial charge in [-0.15, -0.1) is 0 Å². The van der Waals surface area contributed by atoms with Crippen LogP contribution in [0.4, 0.5) is 4.79 Å². The summed E-state index contributed by atoms with van der Waals surface area (Å²) in [5.41, 5.74) is 1.50. The number of benzene rings is 2. The summed E-state index contributed by atoms with van der Waals surface area (Å²) < 4.78 is 33.6. The molecule has 2 heterocycles. The summed E-state index contributed by atoms with van der Waals surface area (Å²) in [6, 6.07) is 20.8. The van der Waals surface area contributed by atoms with Crippen molar-refractivity contribution in [1.29, 1.82) is 0 Å². The first-order valence-electron chi connectivity index (χ1n) is 12.8. The molecule has 42 heavy (non-hydrogen) atoms. The number of nitrogens with zero attached hydrogens (tertiary/aromatic N) is 1. The van der Waals surface area contributed by atoms with Crippen molar-refractivity contribution in [2.24, 2.45) is 0 Å². The molecular weight excluding hydrogens is 564 g/mol. The van der Waals surface area contributed by atoms with Gasteiger partial charge in [0, 0.05) is 36.4 Å². The minimum absolute atomic E-state index is 0.0226. The monoisotopic (exact) mass is 592 g/mol. The molecule has 0 fully saturated rings. The number of sulfonamides is 1.